The Kier molecular flexibility index (Phi) is 105. The number of carbonyl (C=O) groups is 1. The Labute approximate surface area is 46.4 Å². The summed E-state index contributed by atoms with van der Waals surface area (Å²) >= 11 is 0. The Morgan fingerprint density at radius 3 is 1.60 bits per heavy atom. The molecule has 0 aliphatic carbocycles. The van der Waals surface area contributed by atoms with Crippen LogP contribution in [-0.4, -0.2) is 6.47 Å². The maximum absolute atomic E-state index is 8.25. The van der Waals surface area contributed by atoms with Gasteiger partial charge in [0, 0.05) is 6.47 Å². The first-order valence-electron chi connectivity index (χ1n) is 0.471. The van der Waals surface area contributed by atoms with E-state index in [0.29, 0.717) is 0 Å². The smallest absolute Gasteiger partial charge is 1.00 e. The molecule has 4 heteroatoms. The number of carbonyl (C=O) groups excluding carboxylic acids is 1. The molecule has 0 saturated heterocycles. The van der Waals surface area contributed by atoms with Crippen LogP contribution in [0.25, 0.3) is 0 Å². The molecule has 0 aromatic heterocycles. The SMILES string of the molecule is O=C[O-].[Cl-].[Mn+2]. The van der Waals surface area contributed by atoms with Crippen molar-refractivity contribution < 1.29 is 39.4 Å². The molecule has 0 aromatic carbocycles. The average Bonchev–Trinajstić information content (AvgIpc) is 0.918. The molecule has 0 N–H and O–H groups in total. The Morgan fingerprint density at radius 2 is 1.60 bits per heavy atom. The fraction of sp³-hybridized carbons (Fsp3) is 0. The number of rotatable bonds is 0. The Morgan fingerprint density at radius 1 is 1.60 bits per heavy atom. The summed E-state index contributed by atoms with van der Waals surface area (Å²) in [4.78, 5) is 8.25. The number of halogens is 1. The second-order valence-electron chi connectivity index (χ2n) is 0.0962. The van der Waals surface area contributed by atoms with E-state index in [2.05, 4.69) is 0 Å². The molecular formula is CHClMnO2. The number of hydrogen-bond donors (Lipinski definition) is 0. The summed E-state index contributed by atoms with van der Waals surface area (Å²) in [6, 6.07) is 0. The standard InChI is InChI=1S/CH2O2.ClH.Mn/c2-1-3;;/h1H,(H,2,3);1H;/q;;+2/p-2. The molecule has 2 nitrogen and oxygen atoms in total. The van der Waals surface area contributed by atoms with Crippen molar-refractivity contribution >= 4 is 6.47 Å². The fourth-order valence-electron chi connectivity index (χ4n) is 0. The molecule has 0 atom stereocenters. The summed E-state index contributed by atoms with van der Waals surface area (Å²) in [6.07, 6.45) is 0. The molecule has 0 spiro atoms. The van der Waals surface area contributed by atoms with Crippen LogP contribution in [0.15, 0.2) is 0 Å². The van der Waals surface area contributed by atoms with Crippen molar-refractivity contribution in [1.29, 1.82) is 0 Å². The molecule has 0 rings (SSSR count). The van der Waals surface area contributed by atoms with Crippen molar-refractivity contribution in [3.05, 3.63) is 0 Å². The Bertz CT molecular complexity index is 17.1. The molecule has 5 heavy (non-hydrogen) atoms. The van der Waals surface area contributed by atoms with Crippen molar-refractivity contribution in [3.8, 4) is 0 Å². The molecule has 0 aromatic rings. The molecule has 0 heterocycles. The first-order valence-corrected chi connectivity index (χ1v) is 0.471. The van der Waals surface area contributed by atoms with E-state index in [9.17, 15) is 0 Å². The van der Waals surface area contributed by atoms with Crippen LogP contribution < -0.4 is 17.5 Å². The van der Waals surface area contributed by atoms with Gasteiger partial charge in [-0.05, 0) is 0 Å². The van der Waals surface area contributed by atoms with Gasteiger partial charge in [-0.15, -0.1) is 0 Å². The Balaban J connectivity index is -0.0000000200. The van der Waals surface area contributed by atoms with Gasteiger partial charge in [0.1, 0.15) is 0 Å². The van der Waals surface area contributed by atoms with E-state index in [0.717, 1.165) is 0 Å². The van der Waals surface area contributed by atoms with Crippen LogP contribution in [0.2, 0.25) is 0 Å². The summed E-state index contributed by atoms with van der Waals surface area (Å²) in [5.74, 6) is 0. The normalized spacial score (nSPS) is 2.40. The second-order valence-corrected chi connectivity index (χ2v) is 0.0962. The first kappa shape index (κ1) is 18.6. The molecule has 0 bridgehead atoms. The van der Waals surface area contributed by atoms with Crippen LogP contribution in [0, 0.1) is 0 Å². The second kappa shape index (κ2) is 28.1. The zero-order valence-electron chi connectivity index (χ0n) is 2.15. The van der Waals surface area contributed by atoms with E-state index in [1.165, 1.54) is 0 Å². The third-order valence-electron chi connectivity index (χ3n) is 0. The summed E-state index contributed by atoms with van der Waals surface area (Å²) in [5.41, 5.74) is 0. The molecule has 0 aliphatic heterocycles. The van der Waals surface area contributed by atoms with Crippen molar-refractivity contribution in [2.24, 2.45) is 0 Å². The van der Waals surface area contributed by atoms with E-state index in [1.807, 2.05) is 0 Å². The van der Waals surface area contributed by atoms with Gasteiger partial charge in [0.05, 0.1) is 0 Å². The maximum atomic E-state index is 8.25. The van der Waals surface area contributed by atoms with Gasteiger partial charge in [-0.25, -0.2) is 0 Å². The molecule has 1 radical (unpaired) electrons. The summed E-state index contributed by atoms with van der Waals surface area (Å²) in [7, 11) is 0. The number of hydrogen-bond acceptors (Lipinski definition) is 2. The maximum Gasteiger partial charge on any atom is 2.00 e. The van der Waals surface area contributed by atoms with E-state index < -0.39 is 6.47 Å². The molecule has 0 aliphatic rings. The minimum absolute atomic E-state index is 0. The predicted octanol–water partition coefficient (Wildman–Crippen LogP) is -4.63. The third kappa shape index (κ3) is 285. The van der Waals surface area contributed by atoms with Crippen molar-refractivity contribution in [1.82, 2.24) is 0 Å². The molecule has 0 fully saturated rings. The van der Waals surface area contributed by atoms with E-state index in [1.54, 1.807) is 0 Å². The van der Waals surface area contributed by atoms with Crippen molar-refractivity contribution in [2.45, 2.75) is 0 Å². The van der Waals surface area contributed by atoms with E-state index >= 15 is 0 Å². The monoisotopic (exact) mass is 135 g/mol. The summed E-state index contributed by atoms with van der Waals surface area (Å²) in [6.45, 7) is -0.500. The number of carboxylic acid groups (broad SMARTS) is 1. The van der Waals surface area contributed by atoms with Crippen LogP contribution in [-0.2, 0) is 21.9 Å². The first-order chi connectivity index (χ1) is 1.41. The average molecular weight is 135 g/mol. The van der Waals surface area contributed by atoms with Crippen molar-refractivity contribution in [2.75, 3.05) is 0 Å². The van der Waals surface area contributed by atoms with Crippen LogP contribution >= 0.6 is 0 Å². The van der Waals surface area contributed by atoms with E-state index in [4.69, 9.17) is 9.90 Å². The largest absolute Gasteiger partial charge is 2.00 e. The van der Waals surface area contributed by atoms with Gasteiger partial charge in [0.25, 0.3) is 0 Å². The van der Waals surface area contributed by atoms with Gasteiger partial charge in [0.15, 0.2) is 0 Å². The van der Waals surface area contributed by atoms with Gasteiger partial charge in [-0.1, -0.05) is 0 Å². The van der Waals surface area contributed by atoms with Crippen LogP contribution in [0.4, 0.5) is 0 Å². The van der Waals surface area contributed by atoms with Crippen LogP contribution in [0.5, 0.6) is 0 Å². The summed E-state index contributed by atoms with van der Waals surface area (Å²) in [5, 5.41) is 8.25. The molecule has 0 amide bonds. The minimum Gasteiger partial charge on any atom is -1.00 e. The molecular weight excluding hydrogens is 134 g/mol. The minimum atomic E-state index is -0.500. The molecule has 0 saturated carbocycles. The van der Waals surface area contributed by atoms with E-state index in [-0.39, 0.29) is 29.5 Å². The van der Waals surface area contributed by atoms with Gasteiger partial charge < -0.3 is 22.3 Å². The topological polar surface area (TPSA) is 40.1 Å². The van der Waals surface area contributed by atoms with Gasteiger partial charge in [-0.2, -0.15) is 0 Å². The van der Waals surface area contributed by atoms with Crippen LogP contribution in [0.3, 0.4) is 0 Å². The Hall–Kier alpha value is 0.279. The summed E-state index contributed by atoms with van der Waals surface area (Å²) < 4.78 is 0. The predicted molar refractivity (Wildman–Crippen MR) is 6.06 cm³/mol. The zero-order valence-corrected chi connectivity index (χ0v) is 4.09. The van der Waals surface area contributed by atoms with Gasteiger partial charge in [-0.3, -0.25) is 0 Å². The van der Waals surface area contributed by atoms with Crippen LogP contribution in [0.1, 0.15) is 0 Å². The third-order valence-corrected chi connectivity index (χ3v) is 0. The zero-order chi connectivity index (χ0) is 2.71. The van der Waals surface area contributed by atoms with Gasteiger partial charge >= 0.3 is 17.1 Å². The molecule has 0 unspecified atom stereocenters. The fourth-order valence-corrected chi connectivity index (χ4v) is 0. The van der Waals surface area contributed by atoms with Gasteiger partial charge in [0.2, 0.25) is 0 Å². The van der Waals surface area contributed by atoms with Crippen molar-refractivity contribution in [3.63, 3.8) is 0 Å². The molecule has 31 valence electrons. The quantitative estimate of drug-likeness (QED) is 0.248.